The van der Waals surface area contributed by atoms with Crippen LogP contribution < -0.4 is 0 Å². The first-order chi connectivity index (χ1) is 9.22. The van der Waals surface area contributed by atoms with Crippen LogP contribution in [0.4, 0.5) is 0 Å². The van der Waals surface area contributed by atoms with Crippen molar-refractivity contribution in [2.45, 2.75) is 63.8 Å². The summed E-state index contributed by atoms with van der Waals surface area (Å²) in [5, 5.41) is 15.1. The smallest absolute Gasteiger partial charge is 0.137 e. The first-order valence-electron chi connectivity index (χ1n) is 7.45. The van der Waals surface area contributed by atoms with Crippen LogP contribution in [-0.4, -0.2) is 19.3 Å². The zero-order valence-electron chi connectivity index (χ0n) is 13.2. The van der Waals surface area contributed by atoms with Crippen LogP contribution in [0.3, 0.4) is 0 Å². The Morgan fingerprint density at radius 2 is 2.00 bits per heavy atom. The van der Waals surface area contributed by atoms with Gasteiger partial charge < -0.3 is 5.11 Å². The summed E-state index contributed by atoms with van der Waals surface area (Å²) in [5.74, 6) is 3.89. The van der Waals surface area contributed by atoms with Gasteiger partial charge in [0.25, 0.3) is 0 Å². The van der Waals surface area contributed by atoms with Gasteiger partial charge in [0.2, 0.25) is 0 Å². The monoisotopic (exact) mass is 306 g/mol. The lowest BCUT2D eigenvalue weighted by molar-refractivity contribution is 0.139. The molecule has 0 amide bonds. The van der Waals surface area contributed by atoms with Crippen LogP contribution in [0, 0.1) is 17.4 Å². The lowest BCUT2D eigenvalue weighted by Gasteiger charge is -2.31. The van der Waals surface area contributed by atoms with Crippen LogP contribution in [0.25, 0.3) is 0 Å². The lowest BCUT2D eigenvalue weighted by atomic mass is 9.96. The summed E-state index contributed by atoms with van der Waals surface area (Å²) in [7, 11) is -1.56. The average molecular weight is 307 g/mol. The van der Waals surface area contributed by atoms with Crippen LogP contribution >= 0.6 is 11.3 Å². The summed E-state index contributed by atoms with van der Waals surface area (Å²) in [5.41, 5.74) is 4.86. The van der Waals surface area contributed by atoms with Gasteiger partial charge in [-0.2, -0.15) is 11.3 Å². The SMILES string of the molecule is CC(C)(C)[Si](C)(C)C#C[C@H]1CC[C@H](c2ccsc2)[C@@H]1O. The van der Waals surface area contributed by atoms with Gasteiger partial charge in [-0.3, -0.25) is 0 Å². The largest absolute Gasteiger partial charge is 0.391 e. The molecule has 0 aliphatic heterocycles. The van der Waals surface area contributed by atoms with Crippen LogP contribution in [0.2, 0.25) is 18.1 Å². The van der Waals surface area contributed by atoms with Crippen molar-refractivity contribution in [1.82, 2.24) is 0 Å². The molecule has 3 atom stereocenters. The third-order valence-electron chi connectivity index (χ3n) is 5.03. The lowest BCUT2D eigenvalue weighted by Crippen LogP contribution is -2.36. The maximum atomic E-state index is 10.5. The predicted octanol–water partition coefficient (Wildman–Crippen LogP) is 4.65. The van der Waals surface area contributed by atoms with E-state index in [2.05, 4.69) is 62.2 Å². The number of rotatable bonds is 1. The Balaban J connectivity index is 2.10. The van der Waals surface area contributed by atoms with Gasteiger partial charge >= 0.3 is 0 Å². The van der Waals surface area contributed by atoms with Gasteiger partial charge in [-0.05, 0) is 40.3 Å². The van der Waals surface area contributed by atoms with E-state index in [9.17, 15) is 5.11 Å². The molecular weight excluding hydrogens is 280 g/mol. The zero-order valence-corrected chi connectivity index (χ0v) is 15.1. The van der Waals surface area contributed by atoms with Crippen molar-refractivity contribution < 1.29 is 5.11 Å². The molecule has 1 heterocycles. The van der Waals surface area contributed by atoms with Crippen LogP contribution in [-0.2, 0) is 0 Å². The minimum atomic E-state index is -1.56. The van der Waals surface area contributed by atoms with Crippen molar-refractivity contribution in [2.75, 3.05) is 0 Å². The van der Waals surface area contributed by atoms with Crippen molar-refractivity contribution in [3.63, 3.8) is 0 Å². The zero-order chi connectivity index (χ0) is 15.0. The molecule has 1 saturated carbocycles. The number of thiophene rings is 1. The van der Waals surface area contributed by atoms with Gasteiger partial charge in [-0.15, -0.1) is 11.5 Å². The molecule has 0 spiro atoms. The normalized spacial score (nSPS) is 27.2. The second-order valence-electron chi connectivity index (χ2n) is 7.48. The highest BCUT2D eigenvalue weighted by atomic mass is 32.1. The van der Waals surface area contributed by atoms with E-state index in [-0.39, 0.29) is 17.1 Å². The summed E-state index contributed by atoms with van der Waals surface area (Å²) in [4.78, 5) is 0. The van der Waals surface area contributed by atoms with Crippen molar-refractivity contribution in [1.29, 1.82) is 0 Å². The third-order valence-corrected chi connectivity index (χ3v) is 10.3. The van der Waals surface area contributed by atoms with E-state index < -0.39 is 8.07 Å². The molecule has 1 aliphatic rings. The second kappa shape index (κ2) is 5.67. The molecule has 1 fully saturated rings. The quantitative estimate of drug-likeness (QED) is 0.591. The highest BCUT2D eigenvalue weighted by molar-refractivity contribution is 7.08. The average Bonchev–Trinajstić information content (AvgIpc) is 2.94. The molecule has 3 heteroatoms. The molecule has 0 bridgehead atoms. The fourth-order valence-corrected chi connectivity index (χ4v) is 4.10. The van der Waals surface area contributed by atoms with E-state index in [1.807, 2.05) is 0 Å². The van der Waals surface area contributed by atoms with E-state index >= 15 is 0 Å². The predicted molar refractivity (Wildman–Crippen MR) is 90.8 cm³/mol. The maximum Gasteiger partial charge on any atom is 0.137 e. The molecule has 110 valence electrons. The molecule has 0 saturated heterocycles. The van der Waals surface area contributed by atoms with E-state index in [4.69, 9.17) is 0 Å². The summed E-state index contributed by atoms with van der Waals surface area (Å²) < 4.78 is 0. The van der Waals surface area contributed by atoms with E-state index in [1.165, 1.54) is 5.56 Å². The van der Waals surface area contributed by atoms with E-state index in [0.717, 1.165) is 12.8 Å². The number of hydrogen-bond donors (Lipinski definition) is 1. The molecule has 0 radical (unpaired) electrons. The van der Waals surface area contributed by atoms with Gasteiger partial charge in [0.1, 0.15) is 8.07 Å². The van der Waals surface area contributed by atoms with Gasteiger partial charge in [0.05, 0.1) is 6.10 Å². The number of aliphatic hydroxyl groups excluding tert-OH is 1. The molecular formula is C17H26OSSi. The van der Waals surface area contributed by atoms with Gasteiger partial charge in [0.15, 0.2) is 0 Å². The molecule has 1 aromatic heterocycles. The Bertz CT molecular complexity index is 501. The third kappa shape index (κ3) is 3.19. The maximum absolute atomic E-state index is 10.5. The first kappa shape index (κ1) is 15.8. The van der Waals surface area contributed by atoms with Crippen molar-refractivity contribution in [3.8, 4) is 11.5 Å². The number of aliphatic hydroxyl groups is 1. The van der Waals surface area contributed by atoms with Gasteiger partial charge in [-0.1, -0.05) is 33.9 Å². The highest BCUT2D eigenvalue weighted by Gasteiger charge is 2.37. The Morgan fingerprint density at radius 1 is 1.30 bits per heavy atom. The van der Waals surface area contributed by atoms with E-state index in [0.29, 0.717) is 5.92 Å². The number of hydrogen-bond acceptors (Lipinski definition) is 2. The minimum absolute atomic E-state index is 0.161. The Kier molecular flexibility index (Phi) is 4.49. The standard InChI is InChI=1S/C17H26OSSi/c1-17(2,3)20(4,5)11-9-13-6-7-15(16(13)18)14-8-10-19-12-14/h8,10,12-13,15-16,18H,6-7H2,1-5H3/t13-,15-,16-/m1/s1. The molecule has 0 aromatic carbocycles. The molecule has 1 aromatic rings. The van der Waals surface area contributed by atoms with Crippen molar-refractivity contribution in [3.05, 3.63) is 22.4 Å². The summed E-state index contributed by atoms with van der Waals surface area (Å²) in [6, 6.07) is 2.14. The van der Waals surface area contributed by atoms with Gasteiger partial charge in [-0.25, -0.2) is 0 Å². The second-order valence-corrected chi connectivity index (χ2v) is 13.3. The summed E-state index contributed by atoms with van der Waals surface area (Å²) in [6.45, 7) is 11.5. The Hall–Kier alpha value is -0.563. The van der Waals surface area contributed by atoms with Crippen LogP contribution in [0.15, 0.2) is 16.8 Å². The highest BCUT2D eigenvalue weighted by Crippen LogP contribution is 2.40. The van der Waals surface area contributed by atoms with E-state index in [1.54, 1.807) is 11.3 Å². The van der Waals surface area contributed by atoms with Crippen LogP contribution in [0.1, 0.15) is 45.1 Å². The van der Waals surface area contributed by atoms with Crippen molar-refractivity contribution >= 4 is 19.4 Å². The topological polar surface area (TPSA) is 20.2 Å². The Labute approximate surface area is 128 Å². The minimum Gasteiger partial charge on any atom is -0.391 e. The summed E-state index contributed by atoms with van der Waals surface area (Å²) in [6.07, 6.45) is 1.81. The fourth-order valence-electron chi connectivity index (χ4n) is 2.45. The summed E-state index contributed by atoms with van der Waals surface area (Å²) >= 11 is 1.71. The molecule has 20 heavy (non-hydrogen) atoms. The first-order valence-corrected chi connectivity index (χ1v) is 11.4. The van der Waals surface area contributed by atoms with Crippen LogP contribution in [0.5, 0.6) is 0 Å². The fraction of sp³-hybridized carbons (Fsp3) is 0.647. The molecule has 1 N–H and O–H groups in total. The van der Waals surface area contributed by atoms with Crippen molar-refractivity contribution in [2.24, 2.45) is 5.92 Å². The van der Waals surface area contributed by atoms with Gasteiger partial charge in [0, 0.05) is 11.8 Å². The Morgan fingerprint density at radius 3 is 2.55 bits per heavy atom. The molecule has 0 unspecified atom stereocenters. The molecule has 2 rings (SSSR count). The molecule has 1 aliphatic carbocycles. The molecule has 1 nitrogen and oxygen atoms in total.